The zero-order chi connectivity index (χ0) is 13.1. The quantitative estimate of drug-likeness (QED) is 0.805. The molecule has 0 N–H and O–H groups in total. The van der Waals surface area contributed by atoms with Crippen LogP contribution in [0.2, 0.25) is 0 Å². The normalized spacial score (nSPS) is 10.2. The highest BCUT2D eigenvalue weighted by Gasteiger charge is 2.06. The molecule has 0 spiro atoms. The van der Waals surface area contributed by atoms with Crippen LogP contribution in [0.25, 0.3) is 0 Å². The van der Waals surface area contributed by atoms with Crippen LogP contribution < -0.4 is 4.74 Å². The number of hydrogen-bond acceptors (Lipinski definition) is 3. The molecule has 0 bridgehead atoms. The van der Waals surface area contributed by atoms with Gasteiger partial charge in [-0.2, -0.15) is 0 Å². The van der Waals surface area contributed by atoms with Crippen LogP contribution in [-0.2, 0) is 0 Å². The molecule has 0 unspecified atom stereocenters. The Labute approximate surface area is 112 Å². The average Bonchev–Trinajstić information content (AvgIpc) is 2.34. The van der Waals surface area contributed by atoms with E-state index in [9.17, 15) is 9.18 Å². The summed E-state index contributed by atoms with van der Waals surface area (Å²) in [7, 11) is 0. The fourth-order valence-electron chi connectivity index (χ4n) is 1.35. The molecule has 1 aromatic heterocycles. The second-order valence-corrected chi connectivity index (χ2v) is 4.47. The van der Waals surface area contributed by atoms with Crippen molar-refractivity contribution in [2.45, 2.75) is 6.92 Å². The van der Waals surface area contributed by atoms with Gasteiger partial charge in [-0.1, -0.05) is 0 Å². The number of ketones is 1. The average molecular weight is 310 g/mol. The van der Waals surface area contributed by atoms with Gasteiger partial charge in [-0.15, -0.1) is 0 Å². The molecule has 0 saturated heterocycles. The molecule has 0 atom stereocenters. The van der Waals surface area contributed by atoms with Crippen molar-refractivity contribution in [3.8, 4) is 11.6 Å². The Kier molecular flexibility index (Phi) is 3.72. The monoisotopic (exact) mass is 309 g/mol. The predicted molar refractivity (Wildman–Crippen MR) is 68.4 cm³/mol. The van der Waals surface area contributed by atoms with Crippen LogP contribution in [0.15, 0.2) is 41.0 Å². The minimum absolute atomic E-state index is 0.0794. The van der Waals surface area contributed by atoms with Gasteiger partial charge in [0.15, 0.2) is 5.78 Å². The lowest BCUT2D eigenvalue weighted by Gasteiger charge is -2.06. The van der Waals surface area contributed by atoms with Crippen molar-refractivity contribution in [2.24, 2.45) is 0 Å². The molecule has 5 heteroatoms. The van der Waals surface area contributed by atoms with Gasteiger partial charge in [-0.25, -0.2) is 9.37 Å². The molecular formula is C13H9BrFNO2. The first kappa shape index (κ1) is 12.7. The zero-order valence-corrected chi connectivity index (χ0v) is 11.1. The minimum atomic E-state index is -0.421. The summed E-state index contributed by atoms with van der Waals surface area (Å²) in [6.45, 7) is 1.46. The number of rotatable bonds is 3. The van der Waals surface area contributed by atoms with E-state index < -0.39 is 5.82 Å². The lowest BCUT2D eigenvalue weighted by atomic mass is 10.2. The Morgan fingerprint density at radius 1 is 1.33 bits per heavy atom. The Balaban J connectivity index is 2.25. The number of aromatic nitrogens is 1. The maximum atomic E-state index is 13.3. The Morgan fingerprint density at radius 2 is 2.11 bits per heavy atom. The van der Waals surface area contributed by atoms with E-state index in [1.54, 1.807) is 18.2 Å². The molecule has 0 amide bonds. The van der Waals surface area contributed by atoms with Crippen molar-refractivity contribution in [3.05, 3.63) is 52.4 Å². The van der Waals surface area contributed by atoms with E-state index >= 15 is 0 Å². The molecular weight excluding hydrogens is 301 g/mol. The summed E-state index contributed by atoms with van der Waals surface area (Å²) in [5.41, 5.74) is 0.498. The first-order valence-corrected chi connectivity index (χ1v) is 5.95. The van der Waals surface area contributed by atoms with Crippen LogP contribution in [0, 0.1) is 5.82 Å². The number of halogens is 2. The van der Waals surface area contributed by atoms with E-state index in [1.807, 2.05) is 0 Å². The number of Topliss-reactive ketones (excluding diaryl/α,β-unsaturated/α-hetero) is 1. The van der Waals surface area contributed by atoms with Crippen molar-refractivity contribution in [1.29, 1.82) is 0 Å². The standard InChI is InChI=1S/C13H9BrFNO2/c1-8(17)9-4-5-16-13(6-9)18-10-2-3-11(14)12(15)7-10/h2-7H,1H3. The Hall–Kier alpha value is -1.75. The van der Waals surface area contributed by atoms with E-state index in [1.165, 1.54) is 25.3 Å². The lowest BCUT2D eigenvalue weighted by Crippen LogP contribution is -1.95. The minimum Gasteiger partial charge on any atom is -0.439 e. The van der Waals surface area contributed by atoms with Gasteiger partial charge < -0.3 is 4.74 Å². The highest BCUT2D eigenvalue weighted by Crippen LogP contribution is 2.24. The van der Waals surface area contributed by atoms with E-state index in [0.717, 1.165) is 0 Å². The number of ether oxygens (including phenoxy) is 1. The van der Waals surface area contributed by atoms with Crippen molar-refractivity contribution in [3.63, 3.8) is 0 Å². The molecule has 92 valence electrons. The van der Waals surface area contributed by atoms with Crippen molar-refractivity contribution >= 4 is 21.7 Å². The molecule has 0 radical (unpaired) electrons. The maximum absolute atomic E-state index is 13.3. The van der Waals surface area contributed by atoms with Crippen LogP contribution in [-0.4, -0.2) is 10.8 Å². The van der Waals surface area contributed by atoms with Crippen LogP contribution in [0.4, 0.5) is 4.39 Å². The summed E-state index contributed by atoms with van der Waals surface area (Å²) in [6.07, 6.45) is 1.47. The van der Waals surface area contributed by atoms with Crippen LogP contribution in [0.3, 0.4) is 0 Å². The summed E-state index contributed by atoms with van der Waals surface area (Å²) < 4.78 is 19.0. The first-order chi connectivity index (χ1) is 8.56. The van der Waals surface area contributed by atoms with Gasteiger partial charge in [0, 0.05) is 23.9 Å². The third-order valence-electron chi connectivity index (χ3n) is 2.25. The second-order valence-electron chi connectivity index (χ2n) is 3.62. The summed E-state index contributed by atoms with van der Waals surface area (Å²) >= 11 is 3.05. The number of hydrogen-bond donors (Lipinski definition) is 0. The van der Waals surface area contributed by atoms with Gasteiger partial charge in [-0.3, -0.25) is 4.79 Å². The largest absolute Gasteiger partial charge is 0.439 e. The van der Waals surface area contributed by atoms with E-state index in [-0.39, 0.29) is 11.7 Å². The second kappa shape index (κ2) is 5.27. The molecule has 0 aliphatic rings. The molecule has 2 aromatic rings. The topological polar surface area (TPSA) is 39.2 Å². The van der Waals surface area contributed by atoms with Crippen LogP contribution in [0.5, 0.6) is 11.6 Å². The zero-order valence-electron chi connectivity index (χ0n) is 9.48. The maximum Gasteiger partial charge on any atom is 0.219 e. The summed E-state index contributed by atoms with van der Waals surface area (Å²) in [5.74, 6) is 0.0767. The Bertz CT molecular complexity index is 601. The molecule has 0 aliphatic heterocycles. The molecule has 0 saturated carbocycles. The number of carbonyl (C=O) groups is 1. The number of carbonyl (C=O) groups excluding carboxylic acids is 1. The molecule has 1 aromatic carbocycles. The molecule has 0 aliphatic carbocycles. The van der Waals surface area contributed by atoms with Gasteiger partial charge in [0.1, 0.15) is 11.6 Å². The summed E-state index contributed by atoms with van der Waals surface area (Å²) in [5, 5.41) is 0. The molecule has 1 heterocycles. The van der Waals surface area contributed by atoms with Crippen molar-refractivity contribution in [2.75, 3.05) is 0 Å². The third-order valence-corrected chi connectivity index (χ3v) is 2.90. The molecule has 2 rings (SSSR count). The van der Waals surface area contributed by atoms with E-state index in [0.29, 0.717) is 15.8 Å². The molecule has 18 heavy (non-hydrogen) atoms. The lowest BCUT2D eigenvalue weighted by molar-refractivity contribution is 0.101. The van der Waals surface area contributed by atoms with E-state index in [2.05, 4.69) is 20.9 Å². The number of pyridine rings is 1. The van der Waals surface area contributed by atoms with E-state index in [4.69, 9.17) is 4.74 Å². The summed E-state index contributed by atoms with van der Waals surface area (Å²) in [4.78, 5) is 15.2. The van der Waals surface area contributed by atoms with Gasteiger partial charge >= 0.3 is 0 Å². The van der Waals surface area contributed by atoms with Gasteiger partial charge in [-0.05, 0) is 41.1 Å². The van der Waals surface area contributed by atoms with Crippen molar-refractivity contribution < 1.29 is 13.9 Å². The fraction of sp³-hybridized carbons (Fsp3) is 0.0769. The first-order valence-electron chi connectivity index (χ1n) is 5.16. The Morgan fingerprint density at radius 3 is 2.78 bits per heavy atom. The number of benzene rings is 1. The van der Waals surface area contributed by atoms with Gasteiger partial charge in [0.05, 0.1) is 4.47 Å². The van der Waals surface area contributed by atoms with Crippen LogP contribution in [0.1, 0.15) is 17.3 Å². The van der Waals surface area contributed by atoms with Gasteiger partial charge in [0.25, 0.3) is 0 Å². The third kappa shape index (κ3) is 2.92. The van der Waals surface area contributed by atoms with Crippen LogP contribution >= 0.6 is 15.9 Å². The summed E-state index contributed by atoms with van der Waals surface area (Å²) in [6, 6.07) is 7.50. The molecule has 0 fully saturated rings. The number of nitrogens with zero attached hydrogens (tertiary/aromatic N) is 1. The highest BCUT2D eigenvalue weighted by molar-refractivity contribution is 9.10. The highest BCUT2D eigenvalue weighted by atomic mass is 79.9. The van der Waals surface area contributed by atoms with Crippen molar-refractivity contribution in [1.82, 2.24) is 4.98 Å². The predicted octanol–water partition coefficient (Wildman–Crippen LogP) is 3.98. The SMILES string of the molecule is CC(=O)c1ccnc(Oc2ccc(Br)c(F)c2)c1. The fourth-order valence-corrected chi connectivity index (χ4v) is 1.59. The van der Waals surface area contributed by atoms with Gasteiger partial charge in [0.2, 0.25) is 5.88 Å². The smallest absolute Gasteiger partial charge is 0.219 e. The molecule has 3 nitrogen and oxygen atoms in total.